The Morgan fingerprint density at radius 3 is 2.29 bits per heavy atom. The molecule has 6 heteroatoms. The number of para-hydroxylation sites is 2. The molecule has 0 aliphatic rings. The first kappa shape index (κ1) is 23.7. The van der Waals surface area contributed by atoms with E-state index < -0.39 is 0 Å². The summed E-state index contributed by atoms with van der Waals surface area (Å²) in [7, 11) is 6.71. The SMILES string of the molecule is COc1cc(/C=C\c2ccccc2N/C=C\C(=O)c2cn(C)c3ccccc23)cc(OC)c1OC. The molecule has 35 heavy (non-hydrogen) atoms. The summed E-state index contributed by atoms with van der Waals surface area (Å²) in [5, 5.41) is 4.18. The number of fused-ring (bicyclic) bond motifs is 1. The van der Waals surface area contributed by atoms with Crippen LogP contribution < -0.4 is 19.5 Å². The van der Waals surface area contributed by atoms with E-state index in [4.69, 9.17) is 14.2 Å². The second-order valence-electron chi connectivity index (χ2n) is 7.89. The van der Waals surface area contributed by atoms with Crippen LogP contribution in [0.1, 0.15) is 21.5 Å². The van der Waals surface area contributed by atoms with Gasteiger partial charge in [-0.1, -0.05) is 48.6 Å². The first-order chi connectivity index (χ1) is 17.0. The molecule has 0 amide bonds. The lowest BCUT2D eigenvalue weighted by Crippen LogP contribution is -1.96. The van der Waals surface area contributed by atoms with E-state index in [0.717, 1.165) is 27.7 Å². The van der Waals surface area contributed by atoms with Crippen molar-refractivity contribution in [2.45, 2.75) is 0 Å². The lowest BCUT2D eigenvalue weighted by atomic mass is 10.1. The highest BCUT2D eigenvalue weighted by Crippen LogP contribution is 2.38. The van der Waals surface area contributed by atoms with Crippen molar-refractivity contribution in [1.29, 1.82) is 0 Å². The molecular formula is C29H28N2O4. The highest BCUT2D eigenvalue weighted by molar-refractivity contribution is 6.13. The highest BCUT2D eigenvalue weighted by Gasteiger charge is 2.13. The fourth-order valence-corrected chi connectivity index (χ4v) is 3.99. The highest BCUT2D eigenvalue weighted by atomic mass is 16.5. The first-order valence-electron chi connectivity index (χ1n) is 11.1. The van der Waals surface area contributed by atoms with Crippen molar-refractivity contribution in [3.8, 4) is 17.2 Å². The molecule has 178 valence electrons. The molecule has 0 unspecified atom stereocenters. The van der Waals surface area contributed by atoms with Gasteiger partial charge in [0.15, 0.2) is 17.3 Å². The fourth-order valence-electron chi connectivity index (χ4n) is 3.99. The van der Waals surface area contributed by atoms with Gasteiger partial charge in [-0.3, -0.25) is 4.79 Å². The van der Waals surface area contributed by atoms with E-state index in [9.17, 15) is 4.79 Å². The molecule has 0 bridgehead atoms. The Bertz CT molecular complexity index is 1390. The Hall–Kier alpha value is -4.45. The number of ketones is 1. The summed E-state index contributed by atoms with van der Waals surface area (Å²) in [6.07, 6.45) is 9.06. The molecule has 6 nitrogen and oxygen atoms in total. The number of ether oxygens (including phenoxy) is 3. The maximum absolute atomic E-state index is 12.8. The van der Waals surface area contributed by atoms with Crippen LogP contribution >= 0.6 is 0 Å². The smallest absolute Gasteiger partial charge is 0.203 e. The molecular weight excluding hydrogens is 440 g/mol. The number of rotatable bonds is 9. The molecule has 0 atom stereocenters. The van der Waals surface area contributed by atoms with Crippen LogP contribution in [-0.4, -0.2) is 31.7 Å². The second-order valence-corrected chi connectivity index (χ2v) is 7.89. The van der Waals surface area contributed by atoms with Gasteiger partial charge in [0.2, 0.25) is 5.75 Å². The van der Waals surface area contributed by atoms with E-state index in [0.29, 0.717) is 22.8 Å². The van der Waals surface area contributed by atoms with E-state index >= 15 is 0 Å². The molecule has 0 saturated carbocycles. The molecule has 3 aromatic carbocycles. The molecule has 0 fully saturated rings. The molecule has 1 heterocycles. The molecule has 4 aromatic rings. The van der Waals surface area contributed by atoms with Crippen molar-refractivity contribution in [1.82, 2.24) is 4.57 Å². The number of nitrogens with zero attached hydrogens (tertiary/aromatic N) is 1. The Morgan fingerprint density at radius 2 is 1.57 bits per heavy atom. The molecule has 1 N–H and O–H groups in total. The van der Waals surface area contributed by atoms with Crippen molar-refractivity contribution in [2.75, 3.05) is 26.6 Å². The van der Waals surface area contributed by atoms with Crippen molar-refractivity contribution >= 4 is 34.5 Å². The van der Waals surface area contributed by atoms with Crippen molar-refractivity contribution < 1.29 is 19.0 Å². The van der Waals surface area contributed by atoms with Gasteiger partial charge in [-0.2, -0.15) is 0 Å². The molecule has 0 radical (unpaired) electrons. The van der Waals surface area contributed by atoms with Crippen LogP contribution in [0.5, 0.6) is 17.2 Å². The summed E-state index contributed by atoms with van der Waals surface area (Å²) in [4.78, 5) is 12.8. The van der Waals surface area contributed by atoms with Crippen LogP contribution in [0, 0.1) is 0 Å². The summed E-state index contributed by atoms with van der Waals surface area (Å²) >= 11 is 0. The minimum absolute atomic E-state index is 0.0558. The van der Waals surface area contributed by atoms with Gasteiger partial charge in [-0.15, -0.1) is 0 Å². The number of carbonyl (C=O) groups is 1. The Kier molecular flexibility index (Phi) is 7.21. The topological polar surface area (TPSA) is 61.7 Å². The van der Waals surface area contributed by atoms with Gasteiger partial charge in [-0.05, 0) is 35.4 Å². The quantitative estimate of drug-likeness (QED) is 0.180. The normalized spacial score (nSPS) is 11.3. The summed E-state index contributed by atoms with van der Waals surface area (Å²) in [6.45, 7) is 0. The Morgan fingerprint density at radius 1 is 0.886 bits per heavy atom. The van der Waals surface area contributed by atoms with Crippen LogP contribution in [0.2, 0.25) is 0 Å². The average molecular weight is 469 g/mol. The number of nitrogens with one attached hydrogen (secondary N) is 1. The molecule has 1 aromatic heterocycles. The van der Waals surface area contributed by atoms with Gasteiger partial charge in [-0.25, -0.2) is 0 Å². The average Bonchev–Trinajstić information content (AvgIpc) is 3.23. The van der Waals surface area contributed by atoms with Gasteiger partial charge < -0.3 is 24.1 Å². The number of anilines is 1. The van der Waals surface area contributed by atoms with Crippen molar-refractivity contribution in [2.24, 2.45) is 7.05 Å². The van der Waals surface area contributed by atoms with Gasteiger partial charge >= 0.3 is 0 Å². The van der Waals surface area contributed by atoms with E-state index in [1.54, 1.807) is 33.6 Å². The zero-order chi connectivity index (χ0) is 24.8. The maximum atomic E-state index is 12.8. The number of methoxy groups -OCH3 is 3. The lowest BCUT2D eigenvalue weighted by molar-refractivity contribution is 0.104. The molecule has 0 aliphatic heterocycles. The van der Waals surface area contributed by atoms with Gasteiger partial charge in [0.25, 0.3) is 0 Å². The largest absolute Gasteiger partial charge is 0.493 e. The van der Waals surface area contributed by atoms with Gasteiger partial charge in [0.1, 0.15) is 0 Å². The van der Waals surface area contributed by atoms with E-state index in [2.05, 4.69) is 5.32 Å². The minimum Gasteiger partial charge on any atom is -0.493 e. The summed E-state index contributed by atoms with van der Waals surface area (Å²) in [5.74, 6) is 1.68. The summed E-state index contributed by atoms with van der Waals surface area (Å²) in [6, 6.07) is 19.5. The lowest BCUT2D eigenvalue weighted by Gasteiger charge is -2.13. The number of benzene rings is 3. The fraction of sp³-hybridized carbons (Fsp3) is 0.138. The third-order valence-corrected chi connectivity index (χ3v) is 5.74. The third-order valence-electron chi connectivity index (χ3n) is 5.74. The predicted octanol–water partition coefficient (Wildman–Crippen LogP) is 6.18. The molecule has 0 saturated heterocycles. The maximum Gasteiger partial charge on any atom is 0.203 e. The van der Waals surface area contributed by atoms with Crippen molar-refractivity contribution in [3.05, 3.63) is 95.8 Å². The zero-order valence-electron chi connectivity index (χ0n) is 20.2. The number of carbonyl (C=O) groups excluding carboxylic acids is 1. The Labute approximate surface area is 205 Å². The van der Waals surface area contributed by atoms with E-state index in [1.807, 2.05) is 90.6 Å². The number of aromatic nitrogens is 1. The first-order valence-corrected chi connectivity index (χ1v) is 11.1. The summed E-state index contributed by atoms with van der Waals surface area (Å²) in [5.41, 5.74) is 4.44. The van der Waals surface area contributed by atoms with Crippen LogP contribution in [0.3, 0.4) is 0 Å². The standard InChI is InChI=1S/C29H28N2O4/c1-31-19-23(22-10-6-8-12-25(22)31)26(32)15-16-30-24-11-7-5-9-21(24)14-13-20-17-27(33-2)29(35-4)28(18-20)34-3/h5-19,30H,1-4H3/b14-13-,16-15-. The van der Waals surface area contributed by atoms with Crippen LogP contribution in [0.4, 0.5) is 5.69 Å². The van der Waals surface area contributed by atoms with Crippen LogP contribution in [0.15, 0.2) is 79.1 Å². The molecule has 4 rings (SSSR count). The Balaban J connectivity index is 1.53. The molecule has 0 aliphatic carbocycles. The zero-order valence-corrected chi connectivity index (χ0v) is 20.2. The van der Waals surface area contributed by atoms with E-state index in [-0.39, 0.29) is 5.78 Å². The van der Waals surface area contributed by atoms with Gasteiger partial charge in [0.05, 0.1) is 21.3 Å². The van der Waals surface area contributed by atoms with Crippen LogP contribution in [0.25, 0.3) is 23.1 Å². The number of aryl methyl sites for hydroxylation is 1. The van der Waals surface area contributed by atoms with Crippen molar-refractivity contribution in [3.63, 3.8) is 0 Å². The number of allylic oxidation sites excluding steroid dienone is 1. The summed E-state index contributed by atoms with van der Waals surface area (Å²) < 4.78 is 18.2. The van der Waals surface area contributed by atoms with E-state index in [1.165, 1.54) is 0 Å². The van der Waals surface area contributed by atoms with Crippen LogP contribution in [-0.2, 0) is 7.05 Å². The second kappa shape index (κ2) is 10.7. The van der Waals surface area contributed by atoms with Gasteiger partial charge in [0, 0.05) is 47.7 Å². The number of hydrogen-bond donors (Lipinski definition) is 1. The minimum atomic E-state index is -0.0558. The third kappa shape index (κ3) is 5.06. The number of hydrogen-bond acceptors (Lipinski definition) is 5. The molecule has 0 spiro atoms. The predicted molar refractivity (Wildman–Crippen MR) is 141 cm³/mol. The monoisotopic (exact) mass is 468 g/mol.